The van der Waals surface area contributed by atoms with Crippen LogP contribution < -0.4 is 15.4 Å². The van der Waals surface area contributed by atoms with E-state index in [-0.39, 0.29) is 30.4 Å². The van der Waals surface area contributed by atoms with Crippen molar-refractivity contribution in [1.29, 1.82) is 0 Å². The first-order chi connectivity index (χ1) is 11.8. The van der Waals surface area contributed by atoms with Gasteiger partial charge >= 0.3 is 0 Å². The van der Waals surface area contributed by atoms with Crippen LogP contribution in [0.4, 0.5) is 5.69 Å². The first-order valence-corrected chi connectivity index (χ1v) is 9.17. The molecule has 1 heterocycles. The molecule has 134 valence electrons. The number of nitrogens with one attached hydrogen (secondary N) is 2. The molecule has 0 radical (unpaired) electrons. The summed E-state index contributed by atoms with van der Waals surface area (Å²) in [5.74, 6) is 0.189. The molecule has 0 spiro atoms. The fourth-order valence-electron chi connectivity index (χ4n) is 2.28. The van der Waals surface area contributed by atoms with E-state index in [4.69, 9.17) is 16.3 Å². The van der Waals surface area contributed by atoms with E-state index in [0.717, 1.165) is 4.88 Å². The Kier molecular flexibility index (Phi) is 6.84. The predicted octanol–water partition coefficient (Wildman–Crippen LogP) is 4.39. The average Bonchev–Trinajstić information content (AvgIpc) is 3.03. The maximum atomic E-state index is 12.3. The number of hydrogen-bond donors (Lipinski definition) is 2. The van der Waals surface area contributed by atoms with Crippen LogP contribution in [0.5, 0.6) is 5.75 Å². The van der Waals surface area contributed by atoms with Gasteiger partial charge in [0.05, 0.1) is 23.6 Å². The second-order valence-corrected chi connectivity index (χ2v) is 7.22. The lowest BCUT2D eigenvalue weighted by molar-refractivity contribution is -0.120. The Morgan fingerprint density at radius 3 is 2.60 bits per heavy atom. The standard InChI is InChI=1S/C18H21ClN2O3S/c1-11(2)24-16-7-6-13(9-14(16)19)21-18(23)10-15(20-12(3)22)17-5-4-8-25-17/h4-9,11,15H,10H2,1-3H3,(H,20,22)(H,21,23). The van der Waals surface area contributed by atoms with E-state index >= 15 is 0 Å². The molecule has 1 aromatic carbocycles. The van der Waals surface area contributed by atoms with Gasteiger partial charge in [-0.05, 0) is 43.5 Å². The van der Waals surface area contributed by atoms with Gasteiger partial charge in [0.1, 0.15) is 5.75 Å². The molecule has 7 heteroatoms. The van der Waals surface area contributed by atoms with Gasteiger partial charge < -0.3 is 15.4 Å². The summed E-state index contributed by atoms with van der Waals surface area (Å²) in [6.07, 6.45) is 0.157. The van der Waals surface area contributed by atoms with Crippen LogP contribution >= 0.6 is 22.9 Å². The predicted molar refractivity (Wildman–Crippen MR) is 101 cm³/mol. The minimum atomic E-state index is -0.350. The van der Waals surface area contributed by atoms with Crippen molar-refractivity contribution in [3.8, 4) is 5.75 Å². The van der Waals surface area contributed by atoms with Crippen LogP contribution in [0.25, 0.3) is 0 Å². The summed E-state index contributed by atoms with van der Waals surface area (Å²) in [6, 6.07) is 8.54. The number of hydrogen-bond acceptors (Lipinski definition) is 4. The smallest absolute Gasteiger partial charge is 0.226 e. The van der Waals surface area contributed by atoms with Gasteiger partial charge in [-0.2, -0.15) is 0 Å². The summed E-state index contributed by atoms with van der Waals surface area (Å²) in [4.78, 5) is 24.7. The molecule has 25 heavy (non-hydrogen) atoms. The Balaban J connectivity index is 2.03. The minimum absolute atomic E-state index is 0.0159. The van der Waals surface area contributed by atoms with Crippen molar-refractivity contribution < 1.29 is 14.3 Å². The van der Waals surface area contributed by atoms with Gasteiger partial charge in [-0.1, -0.05) is 17.7 Å². The van der Waals surface area contributed by atoms with Gasteiger partial charge in [0, 0.05) is 17.5 Å². The van der Waals surface area contributed by atoms with E-state index in [2.05, 4.69) is 10.6 Å². The molecule has 0 aliphatic heterocycles. The summed E-state index contributed by atoms with van der Waals surface area (Å²) in [5.41, 5.74) is 0.582. The first-order valence-electron chi connectivity index (χ1n) is 7.91. The third-order valence-corrected chi connectivity index (χ3v) is 4.51. The number of amides is 2. The van der Waals surface area contributed by atoms with E-state index in [9.17, 15) is 9.59 Å². The number of carbonyl (C=O) groups excluding carboxylic acids is 2. The number of anilines is 1. The van der Waals surface area contributed by atoms with Crippen molar-refractivity contribution in [3.63, 3.8) is 0 Å². The van der Waals surface area contributed by atoms with E-state index in [1.54, 1.807) is 18.2 Å². The van der Waals surface area contributed by atoms with Crippen LogP contribution in [0.3, 0.4) is 0 Å². The molecule has 0 saturated carbocycles. The van der Waals surface area contributed by atoms with E-state index in [0.29, 0.717) is 16.5 Å². The van der Waals surface area contributed by atoms with Crippen molar-refractivity contribution in [2.45, 2.75) is 39.3 Å². The molecule has 2 N–H and O–H groups in total. The van der Waals surface area contributed by atoms with Gasteiger partial charge in [0.2, 0.25) is 11.8 Å². The molecule has 2 rings (SSSR count). The van der Waals surface area contributed by atoms with E-state index in [1.165, 1.54) is 18.3 Å². The molecule has 0 aliphatic carbocycles. The highest BCUT2D eigenvalue weighted by atomic mass is 35.5. The van der Waals surface area contributed by atoms with E-state index < -0.39 is 0 Å². The van der Waals surface area contributed by atoms with Gasteiger partial charge in [0.25, 0.3) is 0 Å². The van der Waals surface area contributed by atoms with Crippen LogP contribution in [0.15, 0.2) is 35.7 Å². The van der Waals surface area contributed by atoms with Gasteiger partial charge in [-0.3, -0.25) is 9.59 Å². The maximum absolute atomic E-state index is 12.3. The zero-order chi connectivity index (χ0) is 18.4. The Morgan fingerprint density at radius 2 is 2.04 bits per heavy atom. The van der Waals surface area contributed by atoms with Crippen molar-refractivity contribution in [2.75, 3.05) is 5.32 Å². The Labute approximate surface area is 156 Å². The summed E-state index contributed by atoms with van der Waals surface area (Å²) in [6.45, 7) is 5.27. The molecular formula is C18H21ClN2O3S. The maximum Gasteiger partial charge on any atom is 0.226 e. The van der Waals surface area contributed by atoms with Crippen LogP contribution in [0.2, 0.25) is 5.02 Å². The van der Waals surface area contributed by atoms with Gasteiger partial charge in [0.15, 0.2) is 0 Å². The summed E-state index contributed by atoms with van der Waals surface area (Å²) < 4.78 is 5.57. The third kappa shape index (κ3) is 6.07. The third-order valence-electron chi connectivity index (χ3n) is 3.23. The number of ether oxygens (including phenoxy) is 1. The monoisotopic (exact) mass is 380 g/mol. The second kappa shape index (κ2) is 8.87. The summed E-state index contributed by atoms with van der Waals surface area (Å²) >= 11 is 7.68. The van der Waals surface area contributed by atoms with Crippen LogP contribution in [-0.2, 0) is 9.59 Å². The number of rotatable bonds is 7. The topological polar surface area (TPSA) is 67.4 Å². The molecule has 2 aromatic rings. The minimum Gasteiger partial charge on any atom is -0.489 e. The highest BCUT2D eigenvalue weighted by Crippen LogP contribution is 2.29. The Bertz CT molecular complexity index is 732. The highest BCUT2D eigenvalue weighted by molar-refractivity contribution is 7.10. The molecular weight excluding hydrogens is 360 g/mol. The number of thiophene rings is 1. The fourth-order valence-corrected chi connectivity index (χ4v) is 3.29. The van der Waals surface area contributed by atoms with Gasteiger partial charge in [-0.25, -0.2) is 0 Å². The lowest BCUT2D eigenvalue weighted by atomic mass is 10.1. The molecule has 0 aliphatic rings. The molecule has 5 nitrogen and oxygen atoms in total. The van der Waals surface area contributed by atoms with Crippen molar-refractivity contribution >= 4 is 40.4 Å². The molecule has 1 aromatic heterocycles. The molecule has 0 bridgehead atoms. The zero-order valence-electron chi connectivity index (χ0n) is 14.3. The largest absolute Gasteiger partial charge is 0.489 e. The molecule has 0 saturated heterocycles. The fraction of sp³-hybridized carbons (Fsp3) is 0.333. The first kappa shape index (κ1) is 19.3. The quantitative estimate of drug-likeness (QED) is 0.748. The van der Waals surface area contributed by atoms with Crippen LogP contribution in [-0.4, -0.2) is 17.9 Å². The second-order valence-electron chi connectivity index (χ2n) is 5.83. The highest BCUT2D eigenvalue weighted by Gasteiger charge is 2.18. The lowest BCUT2D eigenvalue weighted by Crippen LogP contribution is -2.29. The van der Waals surface area contributed by atoms with Crippen molar-refractivity contribution in [3.05, 3.63) is 45.6 Å². The normalized spacial score (nSPS) is 11.9. The lowest BCUT2D eigenvalue weighted by Gasteiger charge is -2.17. The SMILES string of the molecule is CC(=O)NC(CC(=O)Nc1ccc(OC(C)C)c(Cl)c1)c1cccs1. The summed E-state index contributed by atoms with van der Waals surface area (Å²) in [7, 11) is 0. The number of benzene rings is 1. The molecule has 2 amide bonds. The number of halogens is 1. The molecule has 1 unspecified atom stereocenters. The van der Waals surface area contributed by atoms with Crippen molar-refractivity contribution in [1.82, 2.24) is 5.32 Å². The molecule has 1 atom stereocenters. The average molecular weight is 381 g/mol. The van der Waals surface area contributed by atoms with Crippen LogP contribution in [0, 0.1) is 0 Å². The number of carbonyl (C=O) groups is 2. The Morgan fingerprint density at radius 1 is 1.28 bits per heavy atom. The van der Waals surface area contributed by atoms with Gasteiger partial charge in [-0.15, -0.1) is 11.3 Å². The summed E-state index contributed by atoms with van der Waals surface area (Å²) in [5, 5.41) is 7.95. The van der Waals surface area contributed by atoms with E-state index in [1.807, 2.05) is 31.4 Å². The van der Waals surface area contributed by atoms with Crippen LogP contribution in [0.1, 0.15) is 38.1 Å². The molecule has 0 fully saturated rings. The zero-order valence-corrected chi connectivity index (χ0v) is 15.9. The van der Waals surface area contributed by atoms with Crippen molar-refractivity contribution in [2.24, 2.45) is 0 Å². The Hall–Kier alpha value is -2.05.